The lowest BCUT2D eigenvalue weighted by Crippen LogP contribution is -2.54. The first kappa shape index (κ1) is 23.5. The Kier molecular flexibility index (Phi) is 7.35. The van der Waals surface area contributed by atoms with Crippen molar-refractivity contribution in [3.63, 3.8) is 0 Å². The normalized spacial score (nSPS) is 15.2. The maximum absolute atomic E-state index is 13.2. The molecule has 1 fully saturated rings. The van der Waals surface area contributed by atoms with Crippen LogP contribution in [0.4, 0.5) is 10.5 Å². The molecule has 8 heteroatoms. The standard InChI is InChI=1S/C24H25BrN2O5/c1-5-9-32-21-18(25)12-16(13-20(21)31-6-2)11-17-22(28)26-24(30)27(23(17)29)19-8-7-14(3)10-15(19)4/h7-8,10-13H,5-6,9H2,1-4H3,(H,26,28,30)/b17-11+. The van der Waals surface area contributed by atoms with Crippen LogP contribution in [0, 0.1) is 13.8 Å². The lowest BCUT2D eigenvalue weighted by atomic mass is 10.0. The number of hydrogen-bond donors (Lipinski definition) is 1. The molecule has 7 nitrogen and oxygen atoms in total. The molecular weight excluding hydrogens is 476 g/mol. The summed E-state index contributed by atoms with van der Waals surface area (Å²) in [6, 6.07) is 8.03. The van der Waals surface area contributed by atoms with Gasteiger partial charge < -0.3 is 9.47 Å². The molecule has 0 aliphatic carbocycles. The number of carbonyl (C=O) groups excluding carboxylic acids is 3. The fraction of sp³-hybridized carbons (Fsp3) is 0.292. The van der Waals surface area contributed by atoms with Crippen LogP contribution in [0.15, 0.2) is 40.4 Å². The van der Waals surface area contributed by atoms with Gasteiger partial charge in [-0.15, -0.1) is 0 Å². The zero-order valence-corrected chi connectivity index (χ0v) is 20.0. The minimum absolute atomic E-state index is 0.152. The Labute approximate surface area is 195 Å². The largest absolute Gasteiger partial charge is 0.490 e. The van der Waals surface area contributed by atoms with Crippen LogP contribution >= 0.6 is 15.9 Å². The molecule has 0 unspecified atom stereocenters. The number of amides is 4. The lowest BCUT2D eigenvalue weighted by Gasteiger charge is -2.27. The minimum atomic E-state index is -0.774. The highest BCUT2D eigenvalue weighted by atomic mass is 79.9. The summed E-state index contributed by atoms with van der Waals surface area (Å²) in [5.41, 5.74) is 2.58. The number of imide groups is 2. The predicted octanol–water partition coefficient (Wildman–Crippen LogP) is 4.92. The Morgan fingerprint density at radius 2 is 1.81 bits per heavy atom. The molecule has 3 rings (SSSR count). The van der Waals surface area contributed by atoms with Crippen molar-refractivity contribution < 1.29 is 23.9 Å². The molecule has 0 radical (unpaired) electrons. The topological polar surface area (TPSA) is 84.9 Å². The number of nitrogens with one attached hydrogen (secondary N) is 1. The summed E-state index contributed by atoms with van der Waals surface area (Å²) in [4.78, 5) is 39.2. The molecule has 1 saturated heterocycles. The predicted molar refractivity (Wildman–Crippen MR) is 126 cm³/mol. The van der Waals surface area contributed by atoms with Gasteiger partial charge in [0.05, 0.1) is 23.4 Å². The molecular formula is C24H25BrN2O5. The monoisotopic (exact) mass is 500 g/mol. The van der Waals surface area contributed by atoms with Crippen LogP contribution in [0.25, 0.3) is 6.08 Å². The van der Waals surface area contributed by atoms with E-state index in [2.05, 4.69) is 21.2 Å². The first-order valence-electron chi connectivity index (χ1n) is 10.3. The van der Waals surface area contributed by atoms with Crippen LogP contribution in [0.2, 0.25) is 0 Å². The van der Waals surface area contributed by atoms with Crippen molar-refractivity contribution in [2.75, 3.05) is 18.1 Å². The Bertz CT molecular complexity index is 1110. The number of urea groups is 1. The molecule has 1 aliphatic rings. The molecule has 1 heterocycles. The smallest absolute Gasteiger partial charge is 0.335 e. The van der Waals surface area contributed by atoms with Gasteiger partial charge in [0.2, 0.25) is 0 Å². The molecule has 0 aromatic heterocycles. The highest BCUT2D eigenvalue weighted by molar-refractivity contribution is 9.10. The van der Waals surface area contributed by atoms with Gasteiger partial charge in [0, 0.05) is 0 Å². The van der Waals surface area contributed by atoms with E-state index in [1.807, 2.05) is 39.8 Å². The maximum Gasteiger partial charge on any atom is 0.335 e. The highest BCUT2D eigenvalue weighted by Crippen LogP contribution is 2.38. The molecule has 0 saturated carbocycles. The molecule has 32 heavy (non-hydrogen) atoms. The maximum atomic E-state index is 13.2. The van der Waals surface area contributed by atoms with Crippen LogP contribution in [0.5, 0.6) is 11.5 Å². The zero-order chi connectivity index (χ0) is 23.4. The number of halogens is 1. The second-order valence-corrected chi connectivity index (χ2v) is 8.21. The fourth-order valence-electron chi connectivity index (χ4n) is 3.38. The average molecular weight is 501 g/mol. The quantitative estimate of drug-likeness (QED) is 0.430. The summed E-state index contributed by atoms with van der Waals surface area (Å²) < 4.78 is 12.1. The summed E-state index contributed by atoms with van der Waals surface area (Å²) in [5.74, 6) is -0.386. The number of hydrogen-bond acceptors (Lipinski definition) is 5. The van der Waals surface area contributed by atoms with Crippen molar-refractivity contribution in [2.24, 2.45) is 0 Å². The third-order valence-corrected chi connectivity index (χ3v) is 5.38. The van der Waals surface area contributed by atoms with Crippen LogP contribution in [-0.4, -0.2) is 31.1 Å². The Morgan fingerprint density at radius 1 is 1.06 bits per heavy atom. The van der Waals surface area contributed by atoms with Crippen molar-refractivity contribution in [1.82, 2.24) is 5.32 Å². The van der Waals surface area contributed by atoms with Crippen molar-refractivity contribution in [3.8, 4) is 11.5 Å². The van der Waals surface area contributed by atoms with Gasteiger partial charge in [-0.2, -0.15) is 0 Å². The molecule has 2 aromatic rings. The number of ether oxygens (including phenoxy) is 2. The molecule has 0 atom stereocenters. The van der Waals surface area contributed by atoms with E-state index in [0.717, 1.165) is 22.4 Å². The zero-order valence-electron chi connectivity index (χ0n) is 18.5. The summed E-state index contributed by atoms with van der Waals surface area (Å²) in [6.07, 6.45) is 2.28. The van der Waals surface area contributed by atoms with Crippen molar-refractivity contribution >= 4 is 45.5 Å². The van der Waals surface area contributed by atoms with E-state index in [4.69, 9.17) is 9.47 Å². The first-order chi connectivity index (χ1) is 15.3. The minimum Gasteiger partial charge on any atom is -0.490 e. The van der Waals surface area contributed by atoms with E-state index in [-0.39, 0.29) is 5.57 Å². The SMILES string of the molecule is CCCOc1c(Br)cc(/C=C2\C(=O)NC(=O)N(c3ccc(C)cc3C)C2=O)cc1OCC. The third kappa shape index (κ3) is 4.85. The van der Waals surface area contributed by atoms with E-state index in [1.54, 1.807) is 18.2 Å². The van der Waals surface area contributed by atoms with E-state index >= 15 is 0 Å². The molecule has 0 spiro atoms. The highest BCUT2D eigenvalue weighted by Gasteiger charge is 2.37. The van der Waals surface area contributed by atoms with Crippen molar-refractivity contribution in [1.29, 1.82) is 0 Å². The molecule has 2 aromatic carbocycles. The molecule has 168 valence electrons. The van der Waals surface area contributed by atoms with Crippen molar-refractivity contribution in [3.05, 3.63) is 57.1 Å². The van der Waals surface area contributed by atoms with Gasteiger partial charge in [0.1, 0.15) is 5.57 Å². The van der Waals surface area contributed by atoms with Gasteiger partial charge in [-0.05, 0) is 78.5 Å². The number of anilines is 1. The number of carbonyl (C=O) groups is 3. The fourth-order valence-corrected chi connectivity index (χ4v) is 3.95. The number of rotatable bonds is 7. The Hall–Kier alpha value is -3.13. The lowest BCUT2D eigenvalue weighted by molar-refractivity contribution is -0.122. The van der Waals surface area contributed by atoms with Gasteiger partial charge in [0.15, 0.2) is 11.5 Å². The van der Waals surface area contributed by atoms with Crippen LogP contribution in [0.1, 0.15) is 37.0 Å². The van der Waals surface area contributed by atoms with E-state index in [0.29, 0.717) is 40.4 Å². The first-order valence-corrected chi connectivity index (χ1v) is 11.1. The van der Waals surface area contributed by atoms with Crippen LogP contribution < -0.4 is 19.7 Å². The van der Waals surface area contributed by atoms with Gasteiger partial charge in [0.25, 0.3) is 11.8 Å². The van der Waals surface area contributed by atoms with E-state index < -0.39 is 17.8 Å². The second-order valence-electron chi connectivity index (χ2n) is 7.36. The van der Waals surface area contributed by atoms with Crippen molar-refractivity contribution in [2.45, 2.75) is 34.1 Å². The molecule has 4 amide bonds. The number of benzene rings is 2. The number of aryl methyl sites for hydroxylation is 2. The van der Waals surface area contributed by atoms with E-state index in [9.17, 15) is 14.4 Å². The second kappa shape index (κ2) is 9.99. The summed E-state index contributed by atoms with van der Waals surface area (Å²) >= 11 is 3.48. The number of nitrogens with zero attached hydrogens (tertiary/aromatic N) is 1. The van der Waals surface area contributed by atoms with Gasteiger partial charge in [-0.1, -0.05) is 24.6 Å². The summed E-state index contributed by atoms with van der Waals surface area (Å²) in [6.45, 7) is 8.53. The van der Waals surface area contributed by atoms with Gasteiger partial charge in [-0.3, -0.25) is 14.9 Å². The Morgan fingerprint density at radius 3 is 2.47 bits per heavy atom. The van der Waals surface area contributed by atoms with Gasteiger partial charge in [-0.25, -0.2) is 9.69 Å². The Balaban J connectivity index is 2.03. The molecule has 1 N–H and O–H groups in total. The summed E-state index contributed by atoms with van der Waals surface area (Å²) in [7, 11) is 0. The summed E-state index contributed by atoms with van der Waals surface area (Å²) in [5, 5.41) is 2.26. The average Bonchev–Trinajstić information content (AvgIpc) is 2.72. The molecule has 1 aliphatic heterocycles. The van der Waals surface area contributed by atoms with E-state index in [1.165, 1.54) is 6.08 Å². The third-order valence-electron chi connectivity index (χ3n) is 4.79. The molecule has 0 bridgehead atoms. The van der Waals surface area contributed by atoms with Gasteiger partial charge >= 0.3 is 6.03 Å². The number of barbiturate groups is 1. The van der Waals surface area contributed by atoms with Crippen LogP contribution in [-0.2, 0) is 9.59 Å². The van der Waals surface area contributed by atoms with Crippen LogP contribution in [0.3, 0.4) is 0 Å².